The minimum Gasteiger partial charge on any atom is -0.352 e. The van der Waals surface area contributed by atoms with Crippen molar-refractivity contribution in [3.63, 3.8) is 0 Å². The van der Waals surface area contributed by atoms with Crippen LogP contribution in [0.2, 0.25) is 0 Å². The Labute approximate surface area is 131 Å². The lowest BCUT2D eigenvalue weighted by atomic mass is 9.88. The van der Waals surface area contributed by atoms with E-state index in [1.54, 1.807) is 24.3 Å². The lowest BCUT2D eigenvalue weighted by Crippen LogP contribution is -2.48. The monoisotopic (exact) mass is 311 g/mol. The first kappa shape index (κ1) is 17.5. The minimum absolute atomic E-state index is 0. The maximum Gasteiger partial charge on any atom is 0.251 e. The Balaban J connectivity index is 0.00000220. The average molecular weight is 312 g/mol. The molecular formula is C15H22ClN3O2. The van der Waals surface area contributed by atoms with E-state index < -0.39 is 0 Å². The van der Waals surface area contributed by atoms with Crippen molar-refractivity contribution in [2.45, 2.75) is 13.8 Å². The molecule has 116 valence electrons. The van der Waals surface area contributed by atoms with Crippen molar-refractivity contribution in [3.8, 4) is 0 Å². The van der Waals surface area contributed by atoms with E-state index >= 15 is 0 Å². The molecule has 1 aliphatic rings. The number of benzene rings is 1. The summed E-state index contributed by atoms with van der Waals surface area (Å²) in [7, 11) is 0. The largest absolute Gasteiger partial charge is 0.352 e. The number of nitrogens with one attached hydrogen (secondary N) is 3. The summed E-state index contributed by atoms with van der Waals surface area (Å²) in [6.45, 7) is 6.24. The molecule has 0 aliphatic carbocycles. The zero-order chi connectivity index (χ0) is 14.5. The number of hydrogen-bond donors (Lipinski definition) is 3. The second kappa shape index (κ2) is 8.00. The van der Waals surface area contributed by atoms with E-state index in [-0.39, 0.29) is 30.1 Å². The van der Waals surface area contributed by atoms with Gasteiger partial charge in [-0.2, -0.15) is 0 Å². The van der Waals surface area contributed by atoms with Crippen molar-refractivity contribution in [1.82, 2.24) is 10.6 Å². The normalized spacial score (nSPS) is 15.3. The van der Waals surface area contributed by atoms with E-state index in [4.69, 9.17) is 0 Å². The Kier molecular flexibility index (Phi) is 6.65. The summed E-state index contributed by atoms with van der Waals surface area (Å²) in [5.41, 5.74) is 1.32. The zero-order valence-electron chi connectivity index (χ0n) is 12.3. The molecule has 1 unspecified atom stereocenters. The third-order valence-electron chi connectivity index (χ3n) is 3.69. The predicted molar refractivity (Wildman–Crippen MR) is 85.9 cm³/mol. The molecule has 0 radical (unpaired) electrons. The van der Waals surface area contributed by atoms with Gasteiger partial charge in [-0.05, 0) is 50.2 Å². The molecule has 3 N–H and O–H groups in total. The number of carbonyl (C=O) groups excluding carboxylic acids is 2. The summed E-state index contributed by atoms with van der Waals surface area (Å²) in [6.07, 6.45) is 0. The molecule has 0 bridgehead atoms. The summed E-state index contributed by atoms with van der Waals surface area (Å²) in [4.78, 5) is 23.7. The molecule has 6 heteroatoms. The average Bonchev–Trinajstić information content (AvgIpc) is 2.37. The molecule has 1 aromatic carbocycles. The van der Waals surface area contributed by atoms with Crippen molar-refractivity contribution in [2.75, 3.05) is 25.0 Å². The Morgan fingerprint density at radius 1 is 1.29 bits per heavy atom. The van der Waals surface area contributed by atoms with Crippen LogP contribution in [0.3, 0.4) is 0 Å². The van der Waals surface area contributed by atoms with Crippen LogP contribution in [0.1, 0.15) is 24.2 Å². The van der Waals surface area contributed by atoms with Gasteiger partial charge in [-0.15, -0.1) is 12.4 Å². The van der Waals surface area contributed by atoms with Gasteiger partial charge in [0.25, 0.3) is 5.91 Å². The van der Waals surface area contributed by atoms with Gasteiger partial charge in [0.1, 0.15) is 0 Å². The van der Waals surface area contributed by atoms with Gasteiger partial charge < -0.3 is 16.0 Å². The van der Waals surface area contributed by atoms with Gasteiger partial charge in [0, 0.05) is 23.7 Å². The number of carbonyl (C=O) groups is 2. The first-order valence-electron chi connectivity index (χ1n) is 7.01. The van der Waals surface area contributed by atoms with Gasteiger partial charge in [-0.3, -0.25) is 9.59 Å². The van der Waals surface area contributed by atoms with Gasteiger partial charge in [0.2, 0.25) is 5.91 Å². The molecule has 0 spiro atoms. The quantitative estimate of drug-likeness (QED) is 0.774. The van der Waals surface area contributed by atoms with Crippen molar-refractivity contribution >= 4 is 29.9 Å². The van der Waals surface area contributed by atoms with E-state index in [1.165, 1.54) is 0 Å². The van der Waals surface area contributed by atoms with Crippen LogP contribution in [0.25, 0.3) is 0 Å². The van der Waals surface area contributed by atoms with E-state index in [2.05, 4.69) is 16.0 Å². The van der Waals surface area contributed by atoms with Gasteiger partial charge in [-0.1, -0.05) is 6.92 Å². The highest BCUT2D eigenvalue weighted by molar-refractivity contribution is 5.96. The Hall–Kier alpha value is -1.59. The van der Waals surface area contributed by atoms with Crippen molar-refractivity contribution in [1.29, 1.82) is 0 Å². The summed E-state index contributed by atoms with van der Waals surface area (Å²) in [5, 5.41) is 8.80. The maximum atomic E-state index is 12.0. The van der Waals surface area contributed by atoms with Crippen LogP contribution in [0.15, 0.2) is 24.3 Å². The number of rotatable bonds is 5. The molecule has 1 heterocycles. The van der Waals surface area contributed by atoms with Crippen LogP contribution in [0.4, 0.5) is 5.69 Å². The lowest BCUT2D eigenvalue weighted by Gasteiger charge is -2.31. The van der Waals surface area contributed by atoms with E-state index in [1.807, 2.05) is 13.8 Å². The molecular weight excluding hydrogens is 290 g/mol. The van der Waals surface area contributed by atoms with Gasteiger partial charge in [-0.25, -0.2) is 0 Å². The fourth-order valence-electron chi connectivity index (χ4n) is 2.10. The SMILES string of the molecule is CCNC(=O)c1ccc(NC(=O)C(C)C2CNC2)cc1.Cl. The van der Waals surface area contributed by atoms with Crippen molar-refractivity contribution in [2.24, 2.45) is 11.8 Å². The summed E-state index contributed by atoms with van der Waals surface area (Å²) < 4.78 is 0. The first-order valence-corrected chi connectivity index (χ1v) is 7.01. The molecule has 1 atom stereocenters. The van der Waals surface area contributed by atoms with Crippen LogP contribution >= 0.6 is 12.4 Å². The second-order valence-electron chi connectivity index (χ2n) is 5.13. The van der Waals surface area contributed by atoms with E-state index in [0.717, 1.165) is 18.8 Å². The minimum atomic E-state index is -0.0979. The molecule has 21 heavy (non-hydrogen) atoms. The molecule has 1 aromatic rings. The maximum absolute atomic E-state index is 12.0. The molecule has 1 saturated heterocycles. The van der Waals surface area contributed by atoms with Crippen LogP contribution in [0.5, 0.6) is 0 Å². The number of halogens is 1. The third kappa shape index (κ3) is 4.44. The smallest absolute Gasteiger partial charge is 0.251 e. The molecule has 0 aromatic heterocycles. The highest BCUT2D eigenvalue weighted by Gasteiger charge is 2.28. The summed E-state index contributed by atoms with van der Waals surface area (Å²) in [5.74, 6) is 0.352. The Bertz CT molecular complexity index is 486. The Morgan fingerprint density at radius 2 is 1.90 bits per heavy atom. The second-order valence-corrected chi connectivity index (χ2v) is 5.13. The lowest BCUT2D eigenvalue weighted by molar-refractivity contribution is -0.121. The fourth-order valence-corrected chi connectivity index (χ4v) is 2.10. The standard InChI is InChI=1S/C15H21N3O2.ClH/c1-3-17-15(20)11-4-6-13(7-5-11)18-14(19)10(2)12-8-16-9-12;/h4-7,10,12,16H,3,8-9H2,1-2H3,(H,17,20)(H,18,19);1H. The first-order chi connectivity index (χ1) is 9.61. The van der Waals surface area contributed by atoms with Gasteiger partial charge in [0.15, 0.2) is 0 Å². The molecule has 1 aliphatic heterocycles. The molecule has 5 nitrogen and oxygen atoms in total. The molecule has 2 rings (SSSR count). The van der Waals surface area contributed by atoms with Crippen LogP contribution in [0, 0.1) is 11.8 Å². The van der Waals surface area contributed by atoms with Crippen LogP contribution in [-0.2, 0) is 4.79 Å². The predicted octanol–water partition coefficient (Wildman–Crippen LogP) is 1.65. The van der Waals surface area contributed by atoms with Crippen molar-refractivity contribution in [3.05, 3.63) is 29.8 Å². The molecule has 0 saturated carbocycles. The van der Waals surface area contributed by atoms with Gasteiger partial charge in [0.05, 0.1) is 0 Å². The zero-order valence-corrected chi connectivity index (χ0v) is 13.1. The van der Waals surface area contributed by atoms with Crippen LogP contribution < -0.4 is 16.0 Å². The summed E-state index contributed by atoms with van der Waals surface area (Å²) >= 11 is 0. The van der Waals surface area contributed by atoms with E-state index in [9.17, 15) is 9.59 Å². The Morgan fingerprint density at radius 3 is 2.38 bits per heavy atom. The van der Waals surface area contributed by atoms with Crippen LogP contribution in [-0.4, -0.2) is 31.4 Å². The van der Waals surface area contributed by atoms with Crippen molar-refractivity contribution < 1.29 is 9.59 Å². The highest BCUT2D eigenvalue weighted by atomic mass is 35.5. The molecule has 2 amide bonds. The summed E-state index contributed by atoms with van der Waals surface area (Å²) in [6, 6.07) is 6.95. The number of hydrogen-bond acceptors (Lipinski definition) is 3. The highest BCUT2D eigenvalue weighted by Crippen LogP contribution is 2.18. The molecule has 1 fully saturated rings. The number of anilines is 1. The fraction of sp³-hybridized carbons (Fsp3) is 0.467. The van der Waals surface area contributed by atoms with Gasteiger partial charge >= 0.3 is 0 Å². The topological polar surface area (TPSA) is 70.2 Å². The number of amides is 2. The third-order valence-corrected chi connectivity index (χ3v) is 3.69. The van der Waals surface area contributed by atoms with E-state index in [0.29, 0.717) is 18.0 Å².